The van der Waals surface area contributed by atoms with E-state index in [1.807, 2.05) is 0 Å². The zero-order valence-corrected chi connectivity index (χ0v) is 12.3. The van der Waals surface area contributed by atoms with Gasteiger partial charge in [-0.25, -0.2) is 0 Å². The van der Waals surface area contributed by atoms with Gasteiger partial charge in [0.1, 0.15) is 0 Å². The molecule has 96 valence electrons. The van der Waals surface area contributed by atoms with Crippen LogP contribution in [0.15, 0.2) is 16.6 Å². The Morgan fingerprint density at radius 3 is 2.78 bits per heavy atom. The van der Waals surface area contributed by atoms with Crippen LogP contribution in [0.5, 0.6) is 0 Å². The lowest BCUT2D eigenvalue weighted by molar-refractivity contribution is 0.662. The Kier molecular flexibility index (Phi) is 4.08. The standard InChI is InChI=1S/C12H16BrN5/c1-4-14-7-11-15-16-17-18(11)12-9(3)5-8(2)6-10(12)13/h5-6,14H,4,7H2,1-3H3. The lowest BCUT2D eigenvalue weighted by Crippen LogP contribution is -2.17. The van der Waals surface area contributed by atoms with Gasteiger partial charge in [-0.15, -0.1) is 5.10 Å². The predicted octanol–water partition coefficient (Wildman–Crippen LogP) is 2.15. The molecule has 1 aromatic carbocycles. The van der Waals surface area contributed by atoms with Gasteiger partial charge in [0.25, 0.3) is 0 Å². The molecule has 0 aliphatic rings. The average molecular weight is 310 g/mol. The van der Waals surface area contributed by atoms with Gasteiger partial charge in [0.2, 0.25) is 0 Å². The van der Waals surface area contributed by atoms with Crippen LogP contribution in [-0.4, -0.2) is 26.8 Å². The number of hydrogen-bond donors (Lipinski definition) is 1. The fourth-order valence-electron chi connectivity index (χ4n) is 1.90. The summed E-state index contributed by atoms with van der Waals surface area (Å²) in [6, 6.07) is 4.19. The highest BCUT2D eigenvalue weighted by Gasteiger charge is 2.13. The van der Waals surface area contributed by atoms with Gasteiger partial charge >= 0.3 is 0 Å². The van der Waals surface area contributed by atoms with Gasteiger partial charge in [-0.1, -0.05) is 13.0 Å². The minimum atomic E-state index is 0.656. The molecule has 0 aliphatic carbocycles. The number of nitrogens with one attached hydrogen (secondary N) is 1. The van der Waals surface area contributed by atoms with Gasteiger partial charge < -0.3 is 5.32 Å². The zero-order valence-electron chi connectivity index (χ0n) is 10.7. The van der Waals surface area contributed by atoms with Crippen LogP contribution in [0.1, 0.15) is 23.9 Å². The molecule has 18 heavy (non-hydrogen) atoms. The van der Waals surface area contributed by atoms with E-state index in [-0.39, 0.29) is 0 Å². The van der Waals surface area contributed by atoms with Gasteiger partial charge in [-0.3, -0.25) is 0 Å². The molecule has 0 atom stereocenters. The maximum atomic E-state index is 4.08. The van der Waals surface area contributed by atoms with Crippen LogP contribution >= 0.6 is 15.9 Å². The Morgan fingerprint density at radius 2 is 2.11 bits per heavy atom. The van der Waals surface area contributed by atoms with Gasteiger partial charge in [-0.2, -0.15) is 4.68 Å². The highest BCUT2D eigenvalue weighted by molar-refractivity contribution is 9.10. The van der Waals surface area contributed by atoms with Crippen molar-refractivity contribution < 1.29 is 0 Å². The quantitative estimate of drug-likeness (QED) is 0.940. The van der Waals surface area contributed by atoms with E-state index in [9.17, 15) is 0 Å². The van der Waals surface area contributed by atoms with E-state index in [4.69, 9.17) is 0 Å². The molecule has 5 nitrogen and oxygen atoms in total. The number of hydrogen-bond acceptors (Lipinski definition) is 4. The van der Waals surface area contributed by atoms with Crippen molar-refractivity contribution in [1.82, 2.24) is 25.5 Å². The number of nitrogens with zero attached hydrogens (tertiary/aromatic N) is 4. The molecule has 2 rings (SSSR count). The second-order valence-corrected chi connectivity index (χ2v) is 5.05. The summed E-state index contributed by atoms with van der Waals surface area (Å²) in [7, 11) is 0. The van der Waals surface area contributed by atoms with Crippen molar-refractivity contribution in [2.24, 2.45) is 0 Å². The van der Waals surface area contributed by atoms with Gasteiger partial charge in [0, 0.05) is 4.47 Å². The van der Waals surface area contributed by atoms with Crippen molar-refractivity contribution in [1.29, 1.82) is 0 Å². The maximum absolute atomic E-state index is 4.08. The molecular weight excluding hydrogens is 294 g/mol. The summed E-state index contributed by atoms with van der Waals surface area (Å²) >= 11 is 3.58. The Labute approximate surface area is 115 Å². The minimum Gasteiger partial charge on any atom is -0.310 e. The van der Waals surface area contributed by atoms with Crippen LogP contribution in [0.3, 0.4) is 0 Å². The van der Waals surface area contributed by atoms with Gasteiger partial charge in [-0.05, 0) is 63.9 Å². The third-order valence-electron chi connectivity index (χ3n) is 2.68. The van der Waals surface area contributed by atoms with Crippen LogP contribution in [0.2, 0.25) is 0 Å². The fraction of sp³-hybridized carbons (Fsp3) is 0.417. The van der Waals surface area contributed by atoms with Crippen molar-refractivity contribution in [3.8, 4) is 5.69 Å². The Morgan fingerprint density at radius 1 is 1.33 bits per heavy atom. The first-order valence-electron chi connectivity index (χ1n) is 5.88. The molecular formula is C12H16BrN5. The lowest BCUT2D eigenvalue weighted by Gasteiger charge is -2.11. The van der Waals surface area contributed by atoms with Crippen molar-refractivity contribution in [3.63, 3.8) is 0 Å². The zero-order chi connectivity index (χ0) is 13.1. The third-order valence-corrected chi connectivity index (χ3v) is 3.28. The van der Waals surface area contributed by atoms with Gasteiger partial charge in [0.05, 0.1) is 12.2 Å². The monoisotopic (exact) mass is 309 g/mol. The predicted molar refractivity (Wildman–Crippen MR) is 73.7 cm³/mol. The normalized spacial score (nSPS) is 10.9. The Bertz CT molecular complexity index is 526. The topological polar surface area (TPSA) is 55.6 Å². The molecule has 1 aromatic heterocycles. The molecule has 0 amide bonds. The summed E-state index contributed by atoms with van der Waals surface area (Å²) in [5.41, 5.74) is 3.36. The number of rotatable bonds is 4. The van der Waals surface area contributed by atoms with E-state index in [1.165, 1.54) is 5.56 Å². The number of aryl methyl sites for hydroxylation is 2. The smallest absolute Gasteiger partial charge is 0.170 e. The van der Waals surface area contributed by atoms with Crippen molar-refractivity contribution in [2.45, 2.75) is 27.3 Å². The molecule has 0 radical (unpaired) electrons. The second-order valence-electron chi connectivity index (χ2n) is 4.20. The summed E-state index contributed by atoms with van der Waals surface area (Å²) in [4.78, 5) is 0. The SMILES string of the molecule is CCNCc1nnnn1-c1c(C)cc(C)cc1Br. The highest BCUT2D eigenvalue weighted by Crippen LogP contribution is 2.26. The largest absolute Gasteiger partial charge is 0.310 e. The Balaban J connectivity index is 2.46. The molecule has 1 N–H and O–H groups in total. The molecule has 1 heterocycles. The van der Waals surface area contributed by atoms with E-state index in [0.717, 1.165) is 28.1 Å². The number of aromatic nitrogens is 4. The number of halogens is 1. The number of tetrazole rings is 1. The molecule has 0 aliphatic heterocycles. The second kappa shape index (κ2) is 5.58. The van der Waals surface area contributed by atoms with Crippen LogP contribution in [0, 0.1) is 13.8 Å². The van der Waals surface area contributed by atoms with E-state index in [1.54, 1.807) is 4.68 Å². The van der Waals surface area contributed by atoms with Crippen molar-refractivity contribution >= 4 is 15.9 Å². The number of benzene rings is 1. The minimum absolute atomic E-state index is 0.656. The summed E-state index contributed by atoms with van der Waals surface area (Å²) in [5.74, 6) is 0.810. The first-order valence-corrected chi connectivity index (χ1v) is 6.68. The summed E-state index contributed by atoms with van der Waals surface area (Å²) in [6.07, 6.45) is 0. The van der Waals surface area contributed by atoms with Crippen molar-refractivity contribution in [3.05, 3.63) is 33.6 Å². The van der Waals surface area contributed by atoms with Crippen LogP contribution in [0.25, 0.3) is 5.69 Å². The molecule has 0 spiro atoms. The summed E-state index contributed by atoms with van der Waals surface area (Å²) in [5, 5.41) is 15.1. The molecule has 2 aromatic rings. The first-order chi connectivity index (χ1) is 8.63. The molecule has 0 saturated heterocycles. The molecule has 0 fully saturated rings. The van der Waals surface area contributed by atoms with Crippen molar-refractivity contribution in [2.75, 3.05) is 6.54 Å². The highest BCUT2D eigenvalue weighted by atomic mass is 79.9. The average Bonchev–Trinajstić information content (AvgIpc) is 2.73. The first kappa shape index (κ1) is 13.2. The molecule has 0 bridgehead atoms. The summed E-state index contributed by atoms with van der Waals surface area (Å²) in [6.45, 7) is 7.73. The Hall–Kier alpha value is -1.27. The molecule has 0 saturated carbocycles. The van der Waals surface area contributed by atoms with Gasteiger partial charge in [0.15, 0.2) is 5.82 Å². The van der Waals surface area contributed by atoms with Crippen LogP contribution in [-0.2, 0) is 6.54 Å². The van der Waals surface area contributed by atoms with E-state index in [0.29, 0.717) is 6.54 Å². The van der Waals surface area contributed by atoms with Crippen LogP contribution < -0.4 is 5.32 Å². The van der Waals surface area contributed by atoms with E-state index < -0.39 is 0 Å². The lowest BCUT2D eigenvalue weighted by atomic mass is 10.1. The van der Waals surface area contributed by atoms with E-state index >= 15 is 0 Å². The molecule has 6 heteroatoms. The summed E-state index contributed by atoms with van der Waals surface area (Å²) < 4.78 is 2.78. The fourth-order valence-corrected chi connectivity index (χ4v) is 2.74. The molecule has 0 unspecified atom stereocenters. The maximum Gasteiger partial charge on any atom is 0.170 e. The third kappa shape index (κ3) is 2.59. The van der Waals surface area contributed by atoms with Crippen LogP contribution in [0.4, 0.5) is 0 Å². The van der Waals surface area contributed by atoms with E-state index in [2.05, 4.69) is 69.7 Å².